The van der Waals surface area contributed by atoms with Gasteiger partial charge in [-0.1, -0.05) is 54.6 Å². The zero-order valence-corrected chi connectivity index (χ0v) is 16.1. The van der Waals surface area contributed by atoms with Crippen molar-refractivity contribution in [2.24, 2.45) is 0 Å². The van der Waals surface area contributed by atoms with Crippen molar-refractivity contribution in [3.05, 3.63) is 71.8 Å². The van der Waals surface area contributed by atoms with Gasteiger partial charge in [-0.05, 0) is 30.2 Å². The zero-order chi connectivity index (χ0) is 18.9. The highest BCUT2D eigenvalue weighted by atomic mass is 16.2. The first-order valence-corrected chi connectivity index (χ1v) is 9.73. The Hall–Kier alpha value is -2.59. The Kier molecular flexibility index (Phi) is 7.05. The standard InChI is InChI=1S/C23H29N3O/c1-20-7-5-11-22(19-20)24-13-12-23(27)26-17-15-25(16-18-26)14-6-10-21-8-3-2-4-9-21/h2-11,19,24H,12-18H2,1H3/b10-6+. The van der Waals surface area contributed by atoms with Gasteiger partial charge >= 0.3 is 0 Å². The van der Waals surface area contributed by atoms with Crippen molar-refractivity contribution in [2.45, 2.75) is 13.3 Å². The number of anilines is 1. The van der Waals surface area contributed by atoms with Gasteiger partial charge in [0.1, 0.15) is 0 Å². The number of nitrogens with zero attached hydrogens (tertiary/aromatic N) is 2. The summed E-state index contributed by atoms with van der Waals surface area (Å²) in [7, 11) is 0. The van der Waals surface area contributed by atoms with Gasteiger partial charge in [-0.3, -0.25) is 9.69 Å². The monoisotopic (exact) mass is 363 g/mol. The highest BCUT2D eigenvalue weighted by molar-refractivity contribution is 5.76. The van der Waals surface area contributed by atoms with E-state index >= 15 is 0 Å². The second-order valence-electron chi connectivity index (χ2n) is 7.04. The lowest BCUT2D eigenvalue weighted by Crippen LogP contribution is -2.48. The molecular formula is C23H29N3O. The lowest BCUT2D eigenvalue weighted by atomic mass is 10.2. The molecule has 0 aromatic heterocycles. The van der Waals surface area contributed by atoms with E-state index in [0.29, 0.717) is 13.0 Å². The van der Waals surface area contributed by atoms with Gasteiger partial charge in [0.2, 0.25) is 5.91 Å². The molecule has 1 aliphatic heterocycles. The number of hydrogen-bond donors (Lipinski definition) is 1. The van der Waals surface area contributed by atoms with E-state index in [1.807, 2.05) is 23.1 Å². The summed E-state index contributed by atoms with van der Waals surface area (Å²) in [5, 5.41) is 3.34. The van der Waals surface area contributed by atoms with Crippen LogP contribution >= 0.6 is 0 Å². The fourth-order valence-corrected chi connectivity index (χ4v) is 3.31. The average molecular weight is 364 g/mol. The van der Waals surface area contributed by atoms with Gasteiger partial charge in [0, 0.05) is 51.4 Å². The number of carbonyl (C=O) groups excluding carboxylic acids is 1. The van der Waals surface area contributed by atoms with Crippen molar-refractivity contribution < 1.29 is 4.79 Å². The summed E-state index contributed by atoms with van der Waals surface area (Å²) in [5.74, 6) is 0.245. The molecule has 0 unspecified atom stereocenters. The van der Waals surface area contributed by atoms with Gasteiger partial charge in [-0.25, -0.2) is 0 Å². The molecule has 0 radical (unpaired) electrons. The van der Waals surface area contributed by atoms with Gasteiger partial charge in [0.05, 0.1) is 0 Å². The normalized spacial score (nSPS) is 15.2. The molecule has 2 aromatic rings. The summed E-state index contributed by atoms with van der Waals surface area (Å²) in [6.07, 6.45) is 4.91. The molecule has 27 heavy (non-hydrogen) atoms. The van der Waals surface area contributed by atoms with E-state index in [0.717, 1.165) is 38.4 Å². The minimum Gasteiger partial charge on any atom is -0.385 e. The number of nitrogens with one attached hydrogen (secondary N) is 1. The van der Waals surface area contributed by atoms with Crippen LogP contribution in [0.4, 0.5) is 5.69 Å². The molecule has 1 heterocycles. The van der Waals surface area contributed by atoms with E-state index in [4.69, 9.17) is 0 Å². The average Bonchev–Trinajstić information content (AvgIpc) is 2.69. The van der Waals surface area contributed by atoms with Crippen LogP contribution in [0.15, 0.2) is 60.7 Å². The Morgan fingerprint density at radius 1 is 1.04 bits per heavy atom. The topological polar surface area (TPSA) is 35.6 Å². The van der Waals surface area contributed by atoms with Crippen LogP contribution < -0.4 is 5.32 Å². The maximum Gasteiger partial charge on any atom is 0.224 e. The van der Waals surface area contributed by atoms with Crippen LogP contribution in [-0.2, 0) is 4.79 Å². The van der Waals surface area contributed by atoms with E-state index < -0.39 is 0 Å². The SMILES string of the molecule is Cc1cccc(NCCC(=O)N2CCN(C/C=C/c3ccccc3)CC2)c1. The Balaban J connectivity index is 1.34. The Labute approximate surface area is 162 Å². The lowest BCUT2D eigenvalue weighted by molar-refractivity contribution is -0.132. The molecule has 4 nitrogen and oxygen atoms in total. The summed E-state index contributed by atoms with van der Waals surface area (Å²) in [5.41, 5.74) is 3.54. The van der Waals surface area contributed by atoms with Gasteiger partial charge in [0.15, 0.2) is 0 Å². The van der Waals surface area contributed by atoms with Gasteiger partial charge in [-0.2, -0.15) is 0 Å². The second-order valence-corrected chi connectivity index (χ2v) is 7.04. The van der Waals surface area contributed by atoms with Crippen molar-refractivity contribution in [3.63, 3.8) is 0 Å². The molecule has 2 aromatic carbocycles. The van der Waals surface area contributed by atoms with Crippen LogP contribution in [0.3, 0.4) is 0 Å². The second kappa shape index (κ2) is 9.93. The highest BCUT2D eigenvalue weighted by Crippen LogP contribution is 2.10. The van der Waals surface area contributed by atoms with E-state index in [1.54, 1.807) is 0 Å². The number of aryl methyl sites for hydroxylation is 1. The molecule has 0 spiro atoms. The number of carbonyl (C=O) groups is 1. The molecule has 0 saturated carbocycles. The molecule has 3 rings (SSSR count). The van der Waals surface area contributed by atoms with E-state index in [1.165, 1.54) is 11.1 Å². The maximum absolute atomic E-state index is 12.4. The van der Waals surface area contributed by atoms with Crippen LogP contribution in [-0.4, -0.2) is 55.0 Å². The molecule has 0 bridgehead atoms. The molecule has 4 heteroatoms. The molecular weight excluding hydrogens is 334 g/mol. The lowest BCUT2D eigenvalue weighted by Gasteiger charge is -2.34. The van der Waals surface area contributed by atoms with Crippen molar-refractivity contribution >= 4 is 17.7 Å². The minimum atomic E-state index is 0.245. The van der Waals surface area contributed by atoms with E-state index in [9.17, 15) is 4.79 Å². The molecule has 0 aliphatic carbocycles. The first-order chi connectivity index (χ1) is 13.2. The molecule has 1 fully saturated rings. The van der Waals surface area contributed by atoms with Gasteiger partial charge in [0.25, 0.3) is 0 Å². The zero-order valence-electron chi connectivity index (χ0n) is 16.1. The third-order valence-electron chi connectivity index (χ3n) is 4.88. The van der Waals surface area contributed by atoms with E-state index in [2.05, 4.69) is 65.7 Å². The van der Waals surface area contributed by atoms with Crippen LogP contribution in [0.25, 0.3) is 6.08 Å². The number of benzene rings is 2. The van der Waals surface area contributed by atoms with Crippen LogP contribution in [0.5, 0.6) is 0 Å². The summed E-state index contributed by atoms with van der Waals surface area (Å²) in [6, 6.07) is 18.6. The molecule has 142 valence electrons. The fraction of sp³-hybridized carbons (Fsp3) is 0.348. The number of piperazine rings is 1. The van der Waals surface area contributed by atoms with Crippen molar-refractivity contribution in [1.82, 2.24) is 9.80 Å². The third-order valence-corrected chi connectivity index (χ3v) is 4.88. The Morgan fingerprint density at radius 2 is 1.81 bits per heavy atom. The van der Waals surface area contributed by atoms with Crippen molar-refractivity contribution in [2.75, 3.05) is 44.6 Å². The smallest absolute Gasteiger partial charge is 0.224 e. The fourth-order valence-electron chi connectivity index (χ4n) is 3.31. The van der Waals surface area contributed by atoms with Crippen molar-refractivity contribution in [1.29, 1.82) is 0 Å². The quantitative estimate of drug-likeness (QED) is 0.815. The van der Waals surface area contributed by atoms with Crippen molar-refractivity contribution in [3.8, 4) is 0 Å². The Morgan fingerprint density at radius 3 is 2.56 bits per heavy atom. The van der Waals surface area contributed by atoms with E-state index in [-0.39, 0.29) is 5.91 Å². The molecule has 0 atom stereocenters. The summed E-state index contributed by atoms with van der Waals surface area (Å²) in [6.45, 7) is 7.22. The molecule has 1 aliphatic rings. The summed E-state index contributed by atoms with van der Waals surface area (Å²) in [4.78, 5) is 16.8. The maximum atomic E-state index is 12.4. The van der Waals surface area contributed by atoms with Gasteiger partial charge < -0.3 is 10.2 Å². The molecule has 1 N–H and O–H groups in total. The minimum absolute atomic E-state index is 0.245. The number of amides is 1. The van der Waals surface area contributed by atoms with Crippen LogP contribution in [0.2, 0.25) is 0 Å². The first-order valence-electron chi connectivity index (χ1n) is 9.73. The predicted octanol–water partition coefficient (Wildman–Crippen LogP) is 3.65. The molecule has 1 saturated heterocycles. The van der Waals surface area contributed by atoms with Crippen LogP contribution in [0.1, 0.15) is 17.5 Å². The van der Waals surface area contributed by atoms with Gasteiger partial charge in [-0.15, -0.1) is 0 Å². The largest absolute Gasteiger partial charge is 0.385 e. The summed E-state index contributed by atoms with van der Waals surface area (Å²) < 4.78 is 0. The summed E-state index contributed by atoms with van der Waals surface area (Å²) >= 11 is 0. The highest BCUT2D eigenvalue weighted by Gasteiger charge is 2.19. The Bertz CT molecular complexity index is 749. The third kappa shape index (κ3) is 6.26. The predicted molar refractivity (Wildman–Crippen MR) is 113 cm³/mol. The van der Waals surface area contributed by atoms with Crippen LogP contribution in [0, 0.1) is 6.92 Å². The number of rotatable bonds is 7. The first kappa shape index (κ1) is 19.2. The number of hydrogen-bond acceptors (Lipinski definition) is 3. The molecule has 1 amide bonds.